The van der Waals surface area contributed by atoms with Crippen LogP contribution in [-0.4, -0.2) is 75.0 Å². The van der Waals surface area contributed by atoms with Gasteiger partial charge in [-0.1, -0.05) is 19.0 Å². The normalized spacial score (nSPS) is 22.8. The molecular formula is C14H24N4O4. The van der Waals surface area contributed by atoms with Crippen molar-refractivity contribution in [1.29, 1.82) is 0 Å². The van der Waals surface area contributed by atoms with Gasteiger partial charge in [-0.3, -0.25) is 14.6 Å². The second-order valence-electron chi connectivity index (χ2n) is 6.34. The minimum Gasteiger partial charge on any atom is -0.480 e. The average Bonchev–Trinajstić information content (AvgIpc) is 2.95. The number of hydrogen-bond acceptors (Lipinski definition) is 7. The van der Waals surface area contributed by atoms with Crippen LogP contribution in [0.2, 0.25) is 0 Å². The second kappa shape index (κ2) is 7.17. The number of rotatable bonds is 7. The summed E-state index contributed by atoms with van der Waals surface area (Å²) in [5, 5.41) is 22.9. The lowest BCUT2D eigenvalue weighted by atomic mass is 10.1. The predicted octanol–water partition coefficient (Wildman–Crippen LogP) is -0.170. The molecule has 8 nitrogen and oxygen atoms in total. The molecule has 2 N–H and O–H groups in total. The maximum Gasteiger partial charge on any atom is 0.317 e. The van der Waals surface area contributed by atoms with E-state index < -0.39 is 12.1 Å². The largest absolute Gasteiger partial charge is 0.480 e. The smallest absolute Gasteiger partial charge is 0.317 e. The first-order valence-electron chi connectivity index (χ1n) is 7.49. The number of carboxylic acids is 1. The Morgan fingerprint density at radius 1 is 1.50 bits per heavy atom. The zero-order valence-electron chi connectivity index (χ0n) is 13.3. The number of likely N-dealkylation sites (tertiary alicyclic amines) is 1. The molecule has 1 aromatic rings. The van der Waals surface area contributed by atoms with Crippen LogP contribution in [0, 0.1) is 5.92 Å². The first-order valence-corrected chi connectivity index (χ1v) is 7.49. The first kappa shape index (κ1) is 16.9. The topological polar surface area (TPSA) is 103 Å². The Kier molecular flexibility index (Phi) is 5.49. The van der Waals surface area contributed by atoms with Crippen LogP contribution in [-0.2, 0) is 17.8 Å². The Morgan fingerprint density at radius 3 is 2.86 bits per heavy atom. The van der Waals surface area contributed by atoms with Crippen LogP contribution in [0.15, 0.2) is 4.52 Å². The molecule has 1 aliphatic heterocycles. The average molecular weight is 312 g/mol. The molecule has 0 bridgehead atoms. The van der Waals surface area contributed by atoms with Gasteiger partial charge in [0.05, 0.1) is 19.2 Å². The molecule has 22 heavy (non-hydrogen) atoms. The van der Waals surface area contributed by atoms with E-state index in [1.807, 2.05) is 4.90 Å². The molecule has 1 unspecified atom stereocenters. The molecule has 1 aliphatic rings. The summed E-state index contributed by atoms with van der Waals surface area (Å²) in [5.74, 6) is 0.786. The standard InChI is InChI=1S/C14H24N4O4/c1-9(2)4-13-15-12(16-22-13)7-18-5-10(11(19)6-18)17(3)8-14(20)21/h9-11,19H,4-8H2,1-3H3,(H,20,21)/t10?,11-/m1/s1. The molecule has 2 rings (SSSR count). The molecule has 0 saturated carbocycles. The number of aromatic nitrogens is 2. The monoisotopic (exact) mass is 312 g/mol. The third-order valence-corrected chi connectivity index (χ3v) is 3.74. The van der Waals surface area contributed by atoms with E-state index in [2.05, 4.69) is 24.0 Å². The Hall–Kier alpha value is -1.51. The summed E-state index contributed by atoms with van der Waals surface area (Å²) in [6.07, 6.45) is 0.172. The first-order chi connectivity index (χ1) is 10.3. The summed E-state index contributed by atoms with van der Waals surface area (Å²) in [5.41, 5.74) is 0. The van der Waals surface area contributed by atoms with E-state index in [0.29, 0.717) is 37.3 Å². The van der Waals surface area contributed by atoms with Crippen LogP contribution in [0.3, 0.4) is 0 Å². The van der Waals surface area contributed by atoms with Gasteiger partial charge in [-0.05, 0) is 13.0 Å². The van der Waals surface area contributed by atoms with Crippen molar-refractivity contribution in [3.63, 3.8) is 0 Å². The van der Waals surface area contributed by atoms with Crippen LogP contribution in [0.4, 0.5) is 0 Å². The van der Waals surface area contributed by atoms with Crippen molar-refractivity contribution in [2.45, 2.75) is 39.0 Å². The Bertz CT molecular complexity index is 505. The van der Waals surface area contributed by atoms with Crippen molar-refractivity contribution in [1.82, 2.24) is 19.9 Å². The summed E-state index contributed by atoms with van der Waals surface area (Å²) in [6.45, 7) is 5.64. The fourth-order valence-electron chi connectivity index (χ4n) is 2.73. The van der Waals surface area contributed by atoms with Gasteiger partial charge in [0, 0.05) is 25.6 Å². The predicted molar refractivity (Wildman–Crippen MR) is 78.2 cm³/mol. The van der Waals surface area contributed by atoms with Crippen LogP contribution < -0.4 is 0 Å². The molecule has 1 fully saturated rings. The molecule has 124 valence electrons. The number of aliphatic hydroxyl groups is 1. The molecule has 2 atom stereocenters. The van der Waals surface area contributed by atoms with Crippen LogP contribution >= 0.6 is 0 Å². The highest BCUT2D eigenvalue weighted by Crippen LogP contribution is 2.17. The highest BCUT2D eigenvalue weighted by Gasteiger charge is 2.35. The van der Waals surface area contributed by atoms with E-state index in [4.69, 9.17) is 9.63 Å². The lowest BCUT2D eigenvalue weighted by Gasteiger charge is -2.24. The summed E-state index contributed by atoms with van der Waals surface area (Å²) < 4.78 is 5.20. The zero-order valence-corrected chi connectivity index (χ0v) is 13.3. The third-order valence-electron chi connectivity index (χ3n) is 3.74. The lowest BCUT2D eigenvalue weighted by molar-refractivity contribution is -0.138. The fourth-order valence-corrected chi connectivity index (χ4v) is 2.73. The minimum absolute atomic E-state index is 0.0870. The minimum atomic E-state index is -0.898. The maximum absolute atomic E-state index is 10.8. The number of hydrogen-bond donors (Lipinski definition) is 2. The van der Waals surface area contributed by atoms with Gasteiger partial charge < -0.3 is 14.7 Å². The van der Waals surface area contributed by atoms with Gasteiger partial charge in [-0.15, -0.1) is 0 Å². The Labute approximate surface area is 129 Å². The van der Waals surface area contributed by atoms with Gasteiger partial charge in [0.1, 0.15) is 0 Å². The Morgan fingerprint density at radius 2 is 2.23 bits per heavy atom. The van der Waals surface area contributed by atoms with Crippen molar-refractivity contribution in [3.8, 4) is 0 Å². The van der Waals surface area contributed by atoms with Crippen LogP contribution in [0.25, 0.3) is 0 Å². The molecule has 0 aromatic carbocycles. The van der Waals surface area contributed by atoms with E-state index in [9.17, 15) is 9.90 Å². The molecule has 0 amide bonds. The van der Waals surface area contributed by atoms with Crippen LogP contribution in [0.5, 0.6) is 0 Å². The van der Waals surface area contributed by atoms with E-state index in [-0.39, 0.29) is 12.6 Å². The molecular weight excluding hydrogens is 288 g/mol. The van der Waals surface area contributed by atoms with Gasteiger partial charge in [0.15, 0.2) is 5.82 Å². The van der Waals surface area contributed by atoms with Crippen molar-refractivity contribution < 1.29 is 19.5 Å². The molecule has 0 spiro atoms. The van der Waals surface area contributed by atoms with E-state index in [1.165, 1.54) is 0 Å². The SMILES string of the molecule is CC(C)Cc1nc(CN2CC(N(C)CC(=O)O)[C@H](O)C2)no1. The summed E-state index contributed by atoms with van der Waals surface area (Å²) in [4.78, 5) is 18.8. The van der Waals surface area contributed by atoms with Crippen LogP contribution in [0.1, 0.15) is 25.6 Å². The number of aliphatic hydroxyl groups excluding tert-OH is 1. The van der Waals surface area contributed by atoms with Gasteiger partial charge >= 0.3 is 5.97 Å². The highest BCUT2D eigenvalue weighted by atomic mass is 16.5. The van der Waals surface area contributed by atoms with Crippen molar-refractivity contribution >= 4 is 5.97 Å². The second-order valence-corrected chi connectivity index (χ2v) is 6.34. The van der Waals surface area contributed by atoms with E-state index in [0.717, 1.165) is 6.42 Å². The lowest BCUT2D eigenvalue weighted by Crippen LogP contribution is -2.43. The zero-order chi connectivity index (χ0) is 16.3. The molecule has 1 saturated heterocycles. The van der Waals surface area contributed by atoms with Crippen molar-refractivity contribution in [2.75, 3.05) is 26.7 Å². The van der Waals surface area contributed by atoms with E-state index in [1.54, 1.807) is 11.9 Å². The van der Waals surface area contributed by atoms with Gasteiger partial charge in [-0.2, -0.15) is 4.98 Å². The van der Waals surface area contributed by atoms with Crippen molar-refractivity contribution in [3.05, 3.63) is 11.7 Å². The van der Waals surface area contributed by atoms with Crippen molar-refractivity contribution in [2.24, 2.45) is 5.92 Å². The summed E-state index contributed by atoms with van der Waals surface area (Å²) in [7, 11) is 1.71. The number of aliphatic carboxylic acids is 1. The highest BCUT2D eigenvalue weighted by molar-refractivity contribution is 5.69. The summed E-state index contributed by atoms with van der Waals surface area (Å²) >= 11 is 0. The number of carboxylic acid groups (broad SMARTS) is 1. The van der Waals surface area contributed by atoms with Gasteiger partial charge in [0.25, 0.3) is 0 Å². The van der Waals surface area contributed by atoms with Gasteiger partial charge in [-0.25, -0.2) is 0 Å². The van der Waals surface area contributed by atoms with Gasteiger partial charge in [0.2, 0.25) is 5.89 Å². The third kappa shape index (κ3) is 4.49. The maximum atomic E-state index is 10.8. The molecule has 2 heterocycles. The summed E-state index contributed by atoms with van der Waals surface area (Å²) in [6, 6.07) is -0.196. The number of β-amino-alcohol motifs (C(OH)–C–C–N with tert-alkyl or cyclic N) is 1. The molecule has 1 aromatic heterocycles. The quantitative estimate of drug-likeness (QED) is 0.715. The fraction of sp³-hybridized carbons (Fsp3) is 0.786. The van der Waals surface area contributed by atoms with E-state index >= 15 is 0 Å². The number of carbonyl (C=O) groups is 1. The number of nitrogens with zero attached hydrogens (tertiary/aromatic N) is 4. The molecule has 0 radical (unpaired) electrons. The Balaban J connectivity index is 1.89. The number of likely N-dealkylation sites (N-methyl/N-ethyl adjacent to an activating group) is 1. The molecule has 0 aliphatic carbocycles. The molecule has 8 heteroatoms.